The Bertz CT molecular complexity index is 1660. The molecule has 4 aliphatic heterocycles. The van der Waals surface area contributed by atoms with Gasteiger partial charge in [-0.25, -0.2) is 0 Å². The average molecular weight is 933 g/mol. The molecular formula is C46H76O19. The number of hydrogen-bond acceptors (Lipinski definition) is 19. The smallest absolute Gasteiger partial charge is 0.187 e. The van der Waals surface area contributed by atoms with E-state index in [9.17, 15) is 56.2 Å². The summed E-state index contributed by atoms with van der Waals surface area (Å²) in [6, 6.07) is 0. The van der Waals surface area contributed by atoms with E-state index in [1.165, 1.54) is 6.92 Å². The summed E-state index contributed by atoms with van der Waals surface area (Å²) in [6.07, 6.45) is -18.4. The third kappa shape index (κ3) is 8.40. The van der Waals surface area contributed by atoms with E-state index in [4.69, 9.17) is 37.9 Å². The monoisotopic (exact) mass is 932 g/mol. The quantitative estimate of drug-likeness (QED) is 0.102. The van der Waals surface area contributed by atoms with Crippen LogP contribution in [0.5, 0.6) is 0 Å². The molecule has 0 aromatic rings. The fourth-order valence-corrected chi connectivity index (χ4v) is 14.3. The molecule has 4 heterocycles. The molecule has 8 fully saturated rings. The molecule has 4 aliphatic carbocycles. The van der Waals surface area contributed by atoms with Gasteiger partial charge in [-0.1, -0.05) is 32.9 Å². The van der Waals surface area contributed by atoms with Gasteiger partial charge in [-0.05, 0) is 87.4 Å². The maximum absolute atomic E-state index is 11.7. The van der Waals surface area contributed by atoms with Gasteiger partial charge in [0.05, 0.1) is 49.8 Å². The minimum atomic E-state index is -1.69. The lowest BCUT2D eigenvalue weighted by atomic mass is 9.43. The van der Waals surface area contributed by atoms with E-state index in [0.29, 0.717) is 24.8 Å². The van der Waals surface area contributed by atoms with E-state index in [-0.39, 0.29) is 60.1 Å². The van der Waals surface area contributed by atoms with Gasteiger partial charge in [0, 0.05) is 31.3 Å². The second-order valence-corrected chi connectivity index (χ2v) is 21.3. The molecule has 0 aromatic heterocycles. The number of rotatable bonds is 12. The largest absolute Gasteiger partial charge is 0.394 e. The summed E-state index contributed by atoms with van der Waals surface area (Å²) in [5.74, 6) is -0.490. The van der Waals surface area contributed by atoms with Crippen LogP contribution in [-0.4, -0.2) is 199 Å². The first-order chi connectivity index (χ1) is 30.6. The Morgan fingerprint density at radius 2 is 1.32 bits per heavy atom. The van der Waals surface area contributed by atoms with E-state index < -0.39 is 128 Å². The zero-order valence-corrected chi connectivity index (χ0v) is 38.4. The SMILES string of the molecule is C=C(CCC1(OC)OC2CC3C4CCC5C(O)C(O)CC(OC6OC(C)C(O)C(O)C6OC6OC(C)C(O)C(O)C6O)C5(C)C4CCC3(C)C2C1C)COC1OC(CO)C(O)C(O)C1O. The second kappa shape index (κ2) is 19.0. The van der Waals surface area contributed by atoms with Crippen LogP contribution in [0.15, 0.2) is 12.2 Å². The molecule has 65 heavy (non-hydrogen) atoms. The van der Waals surface area contributed by atoms with Crippen molar-refractivity contribution in [3.8, 4) is 0 Å². The molecule has 8 aliphatic rings. The van der Waals surface area contributed by atoms with Crippen LogP contribution in [0.4, 0.5) is 0 Å². The summed E-state index contributed by atoms with van der Waals surface area (Å²) >= 11 is 0. The number of ether oxygens (including phenoxy) is 8. The van der Waals surface area contributed by atoms with Crippen LogP contribution >= 0.6 is 0 Å². The number of aliphatic hydroxyl groups excluding tert-OH is 11. The highest BCUT2D eigenvalue weighted by molar-refractivity contribution is 5.18. The zero-order chi connectivity index (χ0) is 47.2. The molecular weight excluding hydrogens is 856 g/mol. The van der Waals surface area contributed by atoms with Crippen molar-refractivity contribution >= 4 is 0 Å². The fourth-order valence-electron chi connectivity index (χ4n) is 14.3. The van der Waals surface area contributed by atoms with Gasteiger partial charge in [0.25, 0.3) is 0 Å². The van der Waals surface area contributed by atoms with Gasteiger partial charge in [0.2, 0.25) is 0 Å². The van der Waals surface area contributed by atoms with Crippen molar-refractivity contribution in [3.63, 3.8) is 0 Å². The Morgan fingerprint density at radius 1 is 0.677 bits per heavy atom. The number of hydrogen-bond donors (Lipinski definition) is 11. The van der Waals surface area contributed by atoms with Gasteiger partial charge in [-0.3, -0.25) is 0 Å². The van der Waals surface area contributed by atoms with Gasteiger partial charge >= 0.3 is 0 Å². The Morgan fingerprint density at radius 3 is 2.00 bits per heavy atom. The summed E-state index contributed by atoms with van der Waals surface area (Å²) in [7, 11) is 1.66. The minimum Gasteiger partial charge on any atom is -0.394 e. The van der Waals surface area contributed by atoms with Crippen molar-refractivity contribution in [2.45, 2.75) is 208 Å². The molecule has 0 amide bonds. The molecule has 28 atom stereocenters. The van der Waals surface area contributed by atoms with Crippen LogP contribution in [0.2, 0.25) is 0 Å². The summed E-state index contributed by atoms with van der Waals surface area (Å²) in [5.41, 5.74) is -0.102. The molecule has 4 saturated carbocycles. The normalized spacial score (nSPS) is 56.7. The zero-order valence-electron chi connectivity index (χ0n) is 38.4. The Kier molecular flexibility index (Phi) is 14.7. The average Bonchev–Trinajstić information content (AvgIpc) is 3.74. The first-order valence-corrected chi connectivity index (χ1v) is 23.8. The minimum absolute atomic E-state index is 0.000973. The standard InChI is InChI=1S/C46H76O19/c1-18(17-59-41-38(56)36(54)34(52)28(16-47)62-41)10-13-46(58-7)19(2)30-27(65-46)14-25-22-8-9-24-33(51)26(48)15-29(45(24,6)23(22)11-12-44(25,30)5)63-43-40(37(55)32(50)21(4)61-43)64-42-39(57)35(53)31(49)20(3)60-42/h19-43,47-57H,1,8-17H2,2-7H3. The summed E-state index contributed by atoms with van der Waals surface area (Å²) in [6.45, 7) is 13.4. The first kappa shape index (κ1) is 50.4. The van der Waals surface area contributed by atoms with Crippen LogP contribution in [0.1, 0.15) is 86.0 Å². The van der Waals surface area contributed by atoms with Crippen molar-refractivity contribution < 1.29 is 94.1 Å². The highest BCUT2D eigenvalue weighted by Crippen LogP contribution is 2.71. The van der Waals surface area contributed by atoms with Crippen LogP contribution in [0.3, 0.4) is 0 Å². The summed E-state index contributed by atoms with van der Waals surface area (Å²) < 4.78 is 49.4. The topological polar surface area (TPSA) is 296 Å². The summed E-state index contributed by atoms with van der Waals surface area (Å²) in [4.78, 5) is 0. The molecule has 0 radical (unpaired) electrons. The van der Waals surface area contributed by atoms with Gasteiger partial charge in [-0.15, -0.1) is 0 Å². The molecule has 0 bridgehead atoms. The van der Waals surface area contributed by atoms with Crippen LogP contribution in [0.25, 0.3) is 0 Å². The molecule has 11 N–H and O–H groups in total. The van der Waals surface area contributed by atoms with E-state index in [1.807, 2.05) is 0 Å². The Balaban J connectivity index is 0.966. The van der Waals surface area contributed by atoms with Crippen molar-refractivity contribution in [2.75, 3.05) is 20.3 Å². The predicted molar refractivity (Wildman–Crippen MR) is 224 cm³/mol. The second-order valence-electron chi connectivity index (χ2n) is 21.3. The number of fused-ring (bicyclic) bond motifs is 7. The van der Waals surface area contributed by atoms with Gasteiger partial charge < -0.3 is 94.1 Å². The molecule has 19 heteroatoms. The lowest BCUT2D eigenvalue weighted by Gasteiger charge is -2.64. The number of aliphatic hydroxyl groups is 11. The highest BCUT2D eigenvalue weighted by Gasteiger charge is 2.70. The molecule has 19 nitrogen and oxygen atoms in total. The summed E-state index contributed by atoms with van der Waals surface area (Å²) in [5, 5.41) is 117. The molecule has 0 aromatic carbocycles. The van der Waals surface area contributed by atoms with Crippen molar-refractivity contribution in [3.05, 3.63) is 12.2 Å². The predicted octanol–water partition coefficient (Wildman–Crippen LogP) is -1.21. The van der Waals surface area contributed by atoms with Crippen LogP contribution in [0, 0.1) is 46.3 Å². The Labute approximate surface area is 380 Å². The van der Waals surface area contributed by atoms with Crippen LogP contribution < -0.4 is 0 Å². The molecule has 374 valence electrons. The highest BCUT2D eigenvalue weighted by atomic mass is 16.8. The van der Waals surface area contributed by atoms with Crippen molar-refractivity contribution in [1.29, 1.82) is 0 Å². The van der Waals surface area contributed by atoms with Gasteiger partial charge in [-0.2, -0.15) is 0 Å². The van der Waals surface area contributed by atoms with E-state index in [0.717, 1.165) is 25.7 Å². The first-order valence-electron chi connectivity index (χ1n) is 23.8. The van der Waals surface area contributed by atoms with Crippen molar-refractivity contribution in [2.24, 2.45) is 46.3 Å². The fraction of sp³-hybridized carbons (Fsp3) is 0.957. The van der Waals surface area contributed by atoms with E-state index >= 15 is 0 Å². The Hall–Kier alpha value is -1.02. The lowest BCUT2D eigenvalue weighted by molar-refractivity contribution is -0.377. The lowest BCUT2D eigenvalue weighted by Crippen LogP contribution is -2.67. The van der Waals surface area contributed by atoms with Crippen LogP contribution in [-0.2, 0) is 37.9 Å². The maximum atomic E-state index is 11.7. The molecule has 8 rings (SSSR count). The molecule has 28 unspecified atom stereocenters. The molecule has 4 saturated heterocycles. The third-order valence-electron chi connectivity index (χ3n) is 18.1. The van der Waals surface area contributed by atoms with Gasteiger partial charge in [0.15, 0.2) is 24.7 Å². The van der Waals surface area contributed by atoms with Gasteiger partial charge in [0.1, 0.15) is 61.0 Å². The van der Waals surface area contributed by atoms with E-state index in [1.54, 1.807) is 14.0 Å². The number of methoxy groups -OCH3 is 1. The van der Waals surface area contributed by atoms with Crippen molar-refractivity contribution in [1.82, 2.24) is 0 Å². The maximum Gasteiger partial charge on any atom is 0.187 e. The third-order valence-corrected chi connectivity index (χ3v) is 18.1. The van der Waals surface area contributed by atoms with E-state index in [2.05, 4.69) is 27.4 Å². The molecule has 0 spiro atoms.